The van der Waals surface area contributed by atoms with Gasteiger partial charge in [-0.1, -0.05) is 12.1 Å². The quantitative estimate of drug-likeness (QED) is 0.598. The van der Waals surface area contributed by atoms with Gasteiger partial charge in [0.1, 0.15) is 10.0 Å². The molecule has 1 unspecified atom stereocenters. The number of likely N-dealkylation sites (N-methyl/N-ethyl adjacent to an activating group) is 1. The van der Waals surface area contributed by atoms with Gasteiger partial charge in [-0.15, -0.1) is 11.3 Å². The maximum atomic E-state index is 13.4. The average Bonchev–Trinajstić information content (AvgIpc) is 3.19. The second-order valence-electron chi connectivity index (χ2n) is 8.26. The Hall–Kier alpha value is -1.81. The number of carbonyl (C=O) groups excluding carboxylic acids is 1. The van der Waals surface area contributed by atoms with Crippen LogP contribution in [-0.4, -0.2) is 68.7 Å². The molecular formula is C22H30FN3O3S2. The van der Waals surface area contributed by atoms with Gasteiger partial charge < -0.3 is 9.80 Å². The zero-order valence-electron chi connectivity index (χ0n) is 18.3. The number of carbonyl (C=O) groups is 1. The number of thiophene rings is 1. The molecule has 3 rings (SSSR count). The van der Waals surface area contributed by atoms with Crippen LogP contribution in [0.15, 0.2) is 40.6 Å². The summed E-state index contributed by atoms with van der Waals surface area (Å²) in [4.78, 5) is 18.1. The van der Waals surface area contributed by atoms with E-state index in [4.69, 9.17) is 0 Å². The lowest BCUT2D eigenvalue weighted by Crippen LogP contribution is -2.47. The first-order valence-corrected chi connectivity index (χ1v) is 12.7. The summed E-state index contributed by atoms with van der Waals surface area (Å²) >= 11 is 1.26. The van der Waals surface area contributed by atoms with Crippen LogP contribution in [0.3, 0.4) is 0 Å². The highest BCUT2D eigenvalue weighted by atomic mass is 32.2. The maximum absolute atomic E-state index is 13.4. The predicted octanol–water partition coefficient (Wildman–Crippen LogP) is 3.19. The Balaban J connectivity index is 1.75. The van der Waals surface area contributed by atoms with Crippen LogP contribution in [0.2, 0.25) is 0 Å². The molecule has 0 N–H and O–H groups in total. The van der Waals surface area contributed by atoms with Crippen molar-refractivity contribution in [2.24, 2.45) is 5.92 Å². The van der Waals surface area contributed by atoms with Gasteiger partial charge in [-0.3, -0.25) is 4.79 Å². The van der Waals surface area contributed by atoms with Gasteiger partial charge in [0.15, 0.2) is 0 Å². The largest absolute Gasteiger partial charge is 0.337 e. The van der Waals surface area contributed by atoms with Crippen molar-refractivity contribution >= 4 is 27.3 Å². The SMILES string of the molecule is Cc1ccc(S(=O)(=O)N2CCCC(C(=O)N(CCN(C)C)Cc3ccc(F)cc3)C2)s1. The molecule has 1 aromatic heterocycles. The summed E-state index contributed by atoms with van der Waals surface area (Å²) in [7, 11) is 0.294. The van der Waals surface area contributed by atoms with E-state index < -0.39 is 10.0 Å². The van der Waals surface area contributed by atoms with E-state index in [9.17, 15) is 17.6 Å². The number of hydrogen-bond acceptors (Lipinski definition) is 5. The van der Waals surface area contributed by atoms with Gasteiger partial charge in [-0.05, 0) is 63.7 Å². The third-order valence-corrected chi connectivity index (χ3v) is 8.79. The summed E-state index contributed by atoms with van der Waals surface area (Å²) in [5.74, 6) is -0.743. The Morgan fingerprint density at radius 1 is 1.16 bits per heavy atom. The van der Waals surface area contributed by atoms with E-state index in [0.717, 1.165) is 10.4 Å². The molecule has 1 atom stereocenters. The fourth-order valence-electron chi connectivity index (χ4n) is 3.70. The van der Waals surface area contributed by atoms with Crippen molar-refractivity contribution in [3.05, 3.63) is 52.7 Å². The minimum atomic E-state index is -3.59. The number of rotatable bonds is 8. The van der Waals surface area contributed by atoms with Crippen molar-refractivity contribution in [2.75, 3.05) is 40.3 Å². The standard InChI is InChI=1S/C22H30FN3O3S2/c1-17-6-11-21(30-17)31(28,29)26-12-4-5-19(16-26)22(27)25(14-13-24(2)3)15-18-7-9-20(23)10-8-18/h6-11,19H,4-5,12-16H2,1-3H3. The number of sulfonamides is 1. The van der Waals surface area contributed by atoms with Crippen LogP contribution in [-0.2, 0) is 21.4 Å². The first-order valence-electron chi connectivity index (χ1n) is 10.4. The third-order valence-electron chi connectivity index (χ3n) is 5.46. The number of amides is 1. The monoisotopic (exact) mass is 467 g/mol. The first kappa shape index (κ1) is 23.8. The van der Waals surface area contributed by atoms with E-state index in [1.54, 1.807) is 29.2 Å². The van der Waals surface area contributed by atoms with Crippen LogP contribution in [0.5, 0.6) is 0 Å². The average molecular weight is 468 g/mol. The van der Waals surface area contributed by atoms with Crippen LogP contribution < -0.4 is 0 Å². The van der Waals surface area contributed by atoms with Crippen LogP contribution in [0.25, 0.3) is 0 Å². The smallest absolute Gasteiger partial charge is 0.252 e. The zero-order valence-corrected chi connectivity index (χ0v) is 19.9. The third kappa shape index (κ3) is 6.12. The Bertz CT molecular complexity index is 990. The first-order chi connectivity index (χ1) is 14.7. The lowest BCUT2D eigenvalue weighted by atomic mass is 9.97. The molecule has 1 aliphatic rings. The van der Waals surface area contributed by atoms with Gasteiger partial charge in [-0.25, -0.2) is 12.8 Å². The Morgan fingerprint density at radius 3 is 2.48 bits per heavy atom. The number of aryl methyl sites for hydroxylation is 1. The fraction of sp³-hybridized carbons (Fsp3) is 0.500. The van der Waals surface area contributed by atoms with Crippen LogP contribution in [0.1, 0.15) is 23.3 Å². The molecule has 31 heavy (non-hydrogen) atoms. The maximum Gasteiger partial charge on any atom is 0.252 e. The van der Waals surface area contributed by atoms with Crippen molar-refractivity contribution in [3.8, 4) is 0 Å². The molecule has 6 nitrogen and oxygen atoms in total. The summed E-state index contributed by atoms with van der Waals surface area (Å²) in [5.41, 5.74) is 0.850. The van der Waals surface area contributed by atoms with Gasteiger partial charge in [-0.2, -0.15) is 4.31 Å². The van der Waals surface area contributed by atoms with Crippen molar-refractivity contribution in [3.63, 3.8) is 0 Å². The lowest BCUT2D eigenvalue weighted by molar-refractivity contribution is -0.137. The number of nitrogens with zero attached hydrogens (tertiary/aromatic N) is 3. The van der Waals surface area contributed by atoms with Gasteiger partial charge >= 0.3 is 0 Å². The molecule has 0 aliphatic carbocycles. The van der Waals surface area contributed by atoms with Crippen molar-refractivity contribution < 1.29 is 17.6 Å². The van der Waals surface area contributed by atoms with Gasteiger partial charge in [0.2, 0.25) is 5.91 Å². The normalized spacial score (nSPS) is 17.8. The molecule has 1 fully saturated rings. The predicted molar refractivity (Wildman–Crippen MR) is 121 cm³/mol. The van der Waals surface area contributed by atoms with Crippen molar-refractivity contribution in [1.29, 1.82) is 0 Å². The molecule has 0 bridgehead atoms. The summed E-state index contributed by atoms with van der Waals surface area (Å²) < 4.78 is 41.1. The van der Waals surface area contributed by atoms with Crippen LogP contribution in [0.4, 0.5) is 4.39 Å². The van der Waals surface area contributed by atoms with Gasteiger partial charge in [0, 0.05) is 37.6 Å². The van der Waals surface area contributed by atoms with Crippen LogP contribution >= 0.6 is 11.3 Å². The molecule has 1 amide bonds. The molecule has 170 valence electrons. The van der Waals surface area contributed by atoms with E-state index in [2.05, 4.69) is 0 Å². The molecule has 2 aromatic rings. The highest BCUT2D eigenvalue weighted by Gasteiger charge is 2.35. The van der Waals surface area contributed by atoms with Crippen molar-refractivity contribution in [1.82, 2.24) is 14.1 Å². The van der Waals surface area contributed by atoms with Gasteiger partial charge in [0.05, 0.1) is 5.92 Å². The summed E-state index contributed by atoms with van der Waals surface area (Å²) in [6, 6.07) is 9.59. The van der Waals surface area contributed by atoms with E-state index >= 15 is 0 Å². The van der Waals surface area contributed by atoms with E-state index in [0.29, 0.717) is 43.2 Å². The van der Waals surface area contributed by atoms with Gasteiger partial charge in [0.25, 0.3) is 10.0 Å². The van der Waals surface area contributed by atoms with Crippen molar-refractivity contribution in [2.45, 2.75) is 30.5 Å². The lowest BCUT2D eigenvalue weighted by Gasteiger charge is -2.34. The molecule has 0 spiro atoms. The summed E-state index contributed by atoms with van der Waals surface area (Å²) in [6.07, 6.45) is 1.31. The Labute approximate surface area is 188 Å². The molecule has 1 aromatic carbocycles. The van der Waals surface area contributed by atoms with E-state index in [1.165, 1.54) is 27.8 Å². The molecule has 2 heterocycles. The highest BCUT2D eigenvalue weighted by Crippen LogP contribution is 2.29. The molecule has 0 radical (unpaired) electrons. The highest BCUT2D eigenvalue weighted by molar-refractivity contribution is 7.91. The second-order valence-corrected chi connectivity index (χ2v) is 11.7. The summed E-state index contributed by atoms with van der Waals surface area (Å²) in [6.45, 7) is 4.09. The Kier molecular flexibility index (Phi) is 7.85. The molecule has 9 heteroatoms. The minimum Gasteiger partial charge on any atom is -0.337 e. The Morgan fingerprint density at radius 2 is 1.87 bits per heavy atom. The topological polar surface area (TPSA) is 60.9 Å². The van der Waals surface area contributed by atoms with Crippen LogP contribution in [0, 0.1) is 18.7 Å². The number of halogens is 1. The number of piperidine rings is 1. The molecular weight excluding hydrogens is 437 g/mol. The molecule has 1 saturated heterocycles. The second kappa shape index (κ2) is 10.2. The minimum absolute atomic E-state index is 0.0477. The molecule has 0 saturated carbocycles. The summed E-state index contributed by atoms with van der Waals surface area (Å²) in [5, 5.41) is 0. The number of benzene rings is 1. The van der Waals surface area contributed by atoms with E-state index in [1.807, 2.05) is 25.9 Å². The zero-order chi connectivity index (χ0) is 22.6. The molecule has 1 aliphatic heterocycles. The van der Waals surface area contributed by atoms with E-state index in [-0.39, 0.29) is 24.2 Å². The number of hydrogen-bond donors (Lipinski definition) is 0. The fourth-order valence-corrected chi connectivity index (χ4v) is 6.66.